The van der Waals surface area contributed by atoms with Gasteiger partial charge in [0.1, 0.15) is 6.29 Å². The summed E-state index contributed by atoms with van der Waals surface area (Å²) in [5, 5.41) is 19.1. The molecular weight excluding hydrogens is 252 g/mol. The molecule has 0 saturated heterocycles. The Bertz CT molecular complexity index is 206. The highest BCUT2D eigenvalue weighted by Gasteiger charge is 2.17. The number of carbonyl (C=O) groups is 1. The second-order valence-electron chi connectivity index (χ2n) is 5.87. The molecule has 2 atom stereocenters. The normalized spacial score (nSPS) is 14.2. The predicted molar refractivity (Wildman–Crippen MR) is 83.7 cm³/mol. The maximum Gasteiger partial charge on any atom is 0.120 e. The molecule has 0 heterocycles. The molecule has 2 N–H and O–H groups in total. The molecule has 0 amide bonds. The van der Waals surface area contributed by atoms with Crippen LogP contribution in [0.3, 0.4) is 0 Å². The van der Waals surface area contributed by atoms with Crippen molar-refractivity contribution in [2.75, 3.05) is 6.61 Å². The molecule has 0 fully saturated rings. The summed E-state index contributed by atoms with van der Waals surface area (Å²) in [7, 11) is 0. The Hall–Kier alpha value is -0.410. The molecule has 0 rings (SSSR count). The highest BCUT2D eigenvalue weighted by molar-refractivity contribution is 5.49. The molecule has 1 unspecified atom stereocenters. The third-order valence-electron chi connectivity index (χ3n) is 4.04. The Morgan fingerprint density at radius 2 is 1.45 bits per heavy atom. The fourth-order valence-corrected chi connectivity index (χ4v) is 2.60. The van der Waals surface area contributed by atoms with Gasteiger partial charge in [-0.25, -0.2) is 0 Å². The van der Waals surface area contributed by atoms with E-state index in [-0.39, 0.29) is 12.5 Å². The smallest absolute Gasteiger partial charge is 0.120 e. The van der Waals surface area contributed by atoms with E-state index in [2.05, 4.69) is 6.92 Å². The van der Waals surface area contributed by atoms with Crippen LogP contribution < -0.4 is 0 Å². The highest BCUT2D eigenvalue weighted by Crippen LogP contribution is 2.18. The fourth-order valence-electron chi connectivity index (χ4n) is 2.60. The van der Waals surface area contributed by atoms with Crippen LogP contribution in [0.4, 0.5) is 0 Å². The number of hydrogen-bond donors (Lipinski definition) is 2. The molecular formula is C17H34O3. The van der Waals surface area contributed by atoms with E-state index in [9.17, 15) is 15.0 Å². The van der Waals surface area contributed by atoms with Crippen molar-refractivity contribution in [1.82, 2.24) is 0 Å². The number of hydrogen-bond acceptors (Lipinski definition) is 3. The molecule has 20 heavy (non-hydrogen) atoms. The Morgan fingerprint density at radius 1 is 0.900 bits per heavy atom. The predicted octanol–water partition coefficient (Wildman–Crippen LogP) is 3.86. The van der Waals surface area contributed by atoms with Crippen LogP contribution in [-0.2, 0) is 4.79 Å². The van der Waals surface area contributed by atoms with Crippen LogP contribution in [0.5, 0.6) is 0 Å². The van der Waals surface area contributed by atoms with E-state index in [1.165, 1.54) is 51.4 Å². The maximum atomic E-state index is 10.3. The van der Waals surface area contributed by atoms with Crippen LogP contribution >= 0.6 is 0 Å². The van der Waals surface area contributed by atoms with E-state index in [0.29, 0.717) is 12.8 Å². The molecule has 0 saturated carbocycles. The lowest BCUT2D eigenvalue weighted by Gasteiger charge is -2.20. The van der Waals surface area contributed by atoms with E-state index in [0.717, 1.165) is 19.1 Å². The van der Waals surface area contributed by atoms with E-state index < -0.39 is 6.10 Å². The second-order valence-corrected chi connectivity index (χ2v) is 5.87. The number of aldehydes is 1. The van der Waals surface area contributed by atoms with Crippen molar-refractivity contribution in [3.05, 3.63) is 0 Å². The summed E-state index contributed by atoms with van der Waals surface area (Å²) in [4.78, 5) is 10.3. The third-order valence-corrected chi connectivity index (χ3v) is 4.04. The molecule has 0 spiro atoms. The van der Waals surface area contributed by atoms with Gasteiger partial charge in [-0.15, -0.1) is 0 Å². The zero-order valence-corrected chi connectivity index (χ0v) is 13.2. The largest absolute Gasteiger partial charge is 0.396 e. The van der Waals surface area contributed by atoms with Crippen molar-refractivity contribution in [2.24, 2.45) is 5.92 Å². The first-order chi connectivity index (χ1) is 9.76. The van der Waals surface area contributed by atoms with Crippen molar-refractivity contribution in [3.63, 3.8) is 0 Å². The van der Waals surface area contributed by atoms with E-state index in [1.54, 1.807) is 0 Å². The van der Waals surface area contributed by atoms with Gasteiger partial charge in [0, 0.05) is 18.9 Å². The Labute approximate surface area is 124 Å². The quantitative estimate of drug-likeness (QED) is 0.355. The minimum absolute atomic E-state index is 0.0248. The Balaban J connectivity index is 3.43. The summed E-state index contributed by atoms with van der Waals surface area (Å²) >= 11 is 0. The van der Waals surface area contributed by atoms with Gasteiger partial charge >= 0.3 is 0 Å². The average molecular weight is 286 g/mol. The number of aliphatic hydroxyl groups is 2. The van der Waals surface area contributed by atoms with Crippen molar-refractivity contribution < 1.29 is 15.0 Å². The van der Waals surface area contributed by atoms with Gasteiger partial charge in [0.15, 0.2) is 0 Å². The van der Waals surface area contributed by atoms with Gasteiger partial charge in [-0.05, 0) is 12.8 Å². The minimum atomic E-state index is -0.528. The van der Waals surface area contributed by atoms with Crippen molar-refractivity contribution >= 4 is 6.29 Å². The summed E-state index contributed by atoms with van der Waals surface area (Å²) in [6.45, 7) is 2.26. The highest BCUT2D eigenvalue weighted by atomic mass is 16.3. The zero-order chi connectivity index (χ0) is 15.1. The summed E-state index contributed by atoms with van der Waals surface area (Å²) in [5.41, 5.74) is 0. The lowest BCUT2D eigenvalue weighted by molar-refractivity contribution is -0.108. The topological polar surface area (TPSA) is 57.5 Å². The first-order valence-corrected chi connectivity index (χ1v) is 8.48. The molecule has 3 heteroatoms. The van der Waals surface area contributed by atoms with Gasteiger partial charge in [-0.1, -0.05) is 64.7 Å². The van der Waals surface area contributed by atoms with Crippen molar-refractivity contribution in [1.29, 1.82) is 0 Å². The fraction of sp³-hybridized carbons (Fsp3) is 0.941. The van der Waals surface area contributed by atoms with Gasteiger partial charge in [0.2, 0.25) is 0 Å². The molecule has 0 aromatic carbocycles. The van der Waals surface area contributed by atoms with Gasteiger partial charge in [-0.3, -0.25) is 0 Å². The van der Waals surface area contributed by atoms with E-state index >= 15 is 0 Å². The maximum absolute atomic E-state index is 10.3. The third kappa shape index (κ3) is 11.4. The summed E-state index contributed by atoms with van der Waals surface area (Å²) in [6.07, 6.45) is 13.6. The van der Waals surface area contributed by atoms with Crippen LogP contribution in [0.2, 0.25) is 0 Å². The van der Waals surface area contributed by atoms with Crippen molar-refractivity contribution in [3.8, 4) is 0 Å². The second kappa shape index (κ2) is 15.0. The van der Waals surface area contributed by atoms with Crippen LogP contribution in [0.1, 0.15) is 84.0 Å². The number of aliphatic hydroxyl groups excluding tert-OH is 2. The summed E-state index contributed by atoms with van der Waals surface area (Å²) in [6, 6.07) is 0. The first-order valence-electron chi connectivity index (χ1n) is 8.48. The molecule has 0 bridgehead atoms. The molecule has 0 radical (unpaired) electrons. The lowest BCUT2D eigenvalue weighted by Crippen LogP contribution is -2.23. The SMILES string of the molecule is CCCCCCCCCCC[C@H](CO)C(O)CCC=O. The number of rotatable bonds is 15. The van der Waals surface area contributed by atoms with E-state index in [4.69, 9.17) is 0 Å². The van der Waals surface area contributed by atoms with Crippen LogP contribution in [0.25, 0.3) is 0 Å². The van der Waals surface area contributed by atoms with Crippen molar-refractivity contribution in [2.45, 2.75) is 90.1 Å². The first kappa shape index (κ1) is 19.6. The van der Waals surface area contributed by atoms with Crippen LogP contribution in [0.15, 0.2) is 0 Å². The van der Waals surface area contributed by atoms with Gasteiger partial charge in [-0.2, -0.15) is 0 Å². The molecule has 0 aromatic heterocycles. The average Bonchev–Trinajstić information content (AvgIpc) is 2.47. The van der Waals surface area contributed by atoms with E-state index in [1.807, 2.05) is 0 Å². The molecule has 0 aliphatic rings. The monoisotopic (exact) mass is 286 g/mol. The molecule has 0 aromatic rings. The summed E-state index contributed by atoms with van der Waals surface area (Å²) < 4.78 is 0. The number of unbranched alkanes of at least 4 members (excludes halogenated alkanes) is 8. The van der Waals surface area contributed by atoms with Crippen LogP contribution in [-0.4, -0.2) is 29.2 Å². The van der Waals surface area contributed by atoms with Gasteiger partial charge < -0.3 is 15.0 Å². The molecule has 0 aliphatic carbocycles. The molecule has 0 aliphatic heterocycles. The van der Waals surface area contributed by atoms with Gasteiger partial charge in [0.25, 0.3) is 0 Å². The summed E-state index contributed by atoms with van der Waals surface area (Å²) in [5.74, 6) is -0.0560. The lowest BCUT2D eigenvalue weighted by atomic mass is 9.93. The minimum Gasteiger partial charge on any atom is -0.396 e. The zero-order valence-electron chi connectivity index (χ0n) is 13.2. The Kier molecular flexibility index (Phi) is 14.7. The Morgan fingerprint density at radius 3 is 1.95 bits per heavy atom. The molecule has 120 valence electrons. The standard InChI is InChI=1S/C17H34O3/c1-2-3-4-5-6-7-8-9-10-12-16(15-19)17(20)13-11-14-18/h14,16-17,19-20H,2-13,15H2,1H3/t16-,17?/m1/s1. The van der Waals surface area contributed by atoms with Crippen LogP contribution in [0, 0.1) is 5.92 Å². The number of carbonyl (C=O) groups excluding carboxylic acids is 1. The van der Waals surface area contributed by atoms with Gasteiger partial charge in [0.05, 0.1) is 6.10 Å². The molecule has 3 nitrogen and oxygen atoms in total.